The van der Waals surface area contributed by atoms with Crippen molar-refractivity contribution in [1.82, 2.24) is 19.9 Å². The van der Waals surface area contributed by atoms with Gasteiger partial charge in [0.15, 0.2) is 5.82 Å². The first-order chi connectivity index (χ1) is 19.2. The molecule has 2 aromatic heterocycles. The van der Waals surface area contributed by atoms with Crippen LogP contribution in [0.4, 0.5) is 30.9 Å². The van der Waals surface area contributed by atoms with Gasteiger partial charge in [0.1, 0.15) is 5.82 Å². The molecule has 3 rings (SSSR count). The largest absolute Gasteiger partial charge is 0.419 e. The fourth-order valence-electron chi connectivity index (χ4n) is 4.07. The minimum absolute atomic E-state index is 0.0832. The second-order valence-corrected chi connectivity index (χ2v) is 9.45. The molecule has 40 heavy (non-hydrogen) atoms. The van der Waals surface area contributed by atoms with Crippen LogP contribution in [0, 0.1) is 0 Å². The summed E-state index contributed by atoms with van der Waals surface area (Å²) in [6, 6.07) is 2.36. The summed E-state index contributed by atoms with van der Waals surface area (Å²) in [6.45, 7) is 12.6. The molecule has 1 aliphatic rings. The lowest BCUT2D eigenvalue weighted by Gasteiger charge is -2.28. The van der Waals surface area contributed by atoms with Crippen LogP contribution in [0.3, 0.4) is 0 Å². The molecule has 0 unspecified atom stereocenters. The number of allylic oxidation sites excluding steroid dienone is 6. The molecule has 0 aromatic carbocycles. The molecule has 0 aliphatic heterocycles. The zero-order valence-electron chi connectivity index (χ0n) is 24.3. The quantitative estimate of drug-likeness (QED) is 0.260. The van der Waals surface area contributed by atoms with E-state index in [-0.39, 0.29) is 5.82 Å². The van der Waals surface area contributed by atoms with Crippen LogP contribution in [-0.4, -0.2) is 59.7 Å². The van der Waals surface area contributed by atoms with Crippen molar-refractivity contribution >= 4 is 34.9 Å². The van der Waals surface area contributed by atoms with Gasteiger partial charge in [-0.25, -0.2) is 4.98 Å². The molecule has 0 spiro atoms. The summed E-state index contributed by atoms with van der Waals surface area (Å²) >= 11 is 6.36. The zero-order chi connectivity index (χ0) is 29.7. The summed E-state index contributed by atoms with van der Waals surface area (Å²) < 4.78 is 40.8. The van der Waals surface area contributed by atoms with Gasteiger partial charge in [-0.05, 0) is 38.0 Å². The Morgan fingerprint density at radius 1 is 0.925 bits per heavy atom. The lowest BCUT2D eigenvalue weighted by Crippen LogP contribution is -2.36. The average Bonchev–Trinajstić information content (AvgIpc) is 3.18. The molecule has 0 fully saturated rings. The van der Waals surface area contributed by atoms with Gasteiger partial charge < -0.3 is 14.7 Å². The molecule has 2 aromatic rings. The van der Waals surface area contributed by atoms with Crippen molar-refractivity contribution in [2.45, 2.75) is 60.1 Å². The van der Waals surface area contributed by atoms with Crippen molar-refractivity contribution < 1.29 is 13.2 Å². The normalized spacial score (nSPS) is 13.1. The van der Waals surface area contributed by atoms with Gasteiger partial charge in [0.25, 0.3) is 0 Å². The molecular formula is C29H41ClF3N7. The van der Waals surface area contributed by atoms with Crippen molar-refractivity contribution in [2.24, 2.45) is 0 Å². The second-order valence-electron chi connectivity index (χ2n) is 8.97. The van der Waals surface area contributed by atoms with Crippen LogP contribution in [0.5, 0.6) is 0 Å². The molecule has 0 amide bonds. The first-order valence-electron chi connectivity index (χ1n) is 13.9. The van der Waals surface area contributed by atoms with Crippen molar-refractivity contribution in [3.05, 3.63) is 59.1 Å². The van der Waals surface area contributed by atoms with E-state index in [9.17, 15) is 13.2 Å². The van der Waals surface area contributed by atoms with Crippen LogP contribution >= 0.6 is 11.6 Å². The third kappa shape index (κ3) is 9.21. The molecule has 0 bridgehead atoms. The molecule has 11 heteroatoms. The highest BCUT2D eigenvalue weighted by atomic mass is 35.5. The summed E-state index contributed by atoms with van der Waals surface area (Å²) in [5, 5.41) is 0.676. The fourth-order valence-corrected chi connectivity index (χ4v) is 4.28. The summed E-state index contributed by atoms with van der Waals surface area (Å²) in [4.78, 5) is 23.9. The van der Waals surface area contributed by atoms with Crippen LogP contribution in [0.1, 0.15) is 65.3 Å². The molecule has 0 saturated heterocycles. The Kier molecular flexibility index (Phi) is 13.4. The van der Waals surface area contributed by atoms with Gasteiger partial charge in [0.05, 0.1) is 5.56 Å². The monoisotopic (exact) mass is 579 g/mol. The lowest BCUT2D eigenvalue weighted by atomic mass is 10.2. The number of anilines is 3. The molecule has 2 heterocycles. The minimum Gasteiger partial charge on any atom is -0.355 e. The molecule has 1 aliphatic carbocycles. The molecule has 0 saturated carbocycles. The van der Waals surface area contributed by atoms with Gasteiger partial charge in [-0.15, -0.1) is 0 Å². The number of halogens is 4. The second kappa shape index (κ2) is 16.2. The predicted octanol–water partition coefficient (Wildman–Crippen LogP) is 7.37. The van der Waals surface area contributed by atoms with Crippen molar-refractivity contribution in [2.75, 3.05) is 54.5 Å². The van der Waals surface area contributed by atoms with E-state index in [1.807, 2.05) is 57.0 Å². The number of nitrogens with zero attached hydrogens (tertiary/aromatic N) is 7. The van der Waals surface area contributed by atoms with Crippen molar-refractivity contribution in [1.29, 1.82) is 0 Å². The van der Waals surface area contributed by atoms with Crippen LogP contribution in [-0.2, 0) is 6.18 Å². The highest BCUT2D eigenvalue weighted by Gasteiger charge is 2.35. The average molecular weight is 580 g/mol. The summed E-state index contributed by atoms with van der Waals surface area (Å²) in [7, 11) is 1.83. The van der Waals surface area contributed by atoms with E-state index in [0.29, 0.717) is 48.8 Å². The van der Waals surface area contributed by atoms with E-state index in [2.05, 4.69) is 23.7 Å². The third-order valence-electron chi connectivity index (χ3n) is 6.00. The van der Waals surface area contributed by atoms with Crippen LogP contribution < -0.4 is 14.7 Å². The smallest absolute Gasteiger partial charge is 0.355 e. The van der Waals surface area contributed by atoms with Crippen molar-refractivity contribution in [3.8, 4) is 0 Å². The first kappa shape index (κ1) is 33.1. The molecule has 0 N–H and O–H groups in total. The maximum atomic E-state index is 13.6. The highest BCUT2D eigenvalue weighted by molar-refractivity contribution is 6.30. The number of alkyl halides is 3. The Balaban J connectivity index is 0.00000274. The predicted molar refractivity (Wildman–Crippen MR) is 160 cm³/mol. The maximum Gasteiger partial charge on any atom is 0.419 e. The van der Waals surface area contributed by atoms with E-state index in [0.717, 1.165) is 37.6 Å². The van der Waals surface area contributed by atoms with E-state index in [1.54, 1.807) is 4.90 Å². The lowest BCUT2D eigenvalue weighted by molar-refractivity contribution is -0.137. The van der Waals surface area contributed by atoms with E-state index < -0.39 is 11.7 Å². The van der Waals surface area contributed by atoms with Crippen LogP contribution in [0.25, 0.3) is 5.57 Å². The number of pyridine rings is 1. The highest BCUT2D eigenvalue weighted by Crippen LogP contribution is 2.35. The Morgan fingerprint density at radius 2 is 1.60 bits per heavy atom. The number of hydrogen-bond acceptors (Lipinski definition) is 7. The van der Waals surface area contributed by atoms with E-state index in [1.165, 1.54) is 12.3 Å². The summed E-state index contributed by atoms with van der Waals surface area (Å²) in [6.07, 6.45) is 7.05. The van der Waals surface area contributed by atoms with Gasteiger partial charge in [0, 0.05) is 63.0 Å². The molecule has 0 radical (unpaired) electrons. The standard InChI is InChI=1S/C27H35ClF3N7.C2H6/c1-5-15-38(16-6-2)26-34-23(20-11-8-9-12-21(28)19-20)33-25(35-26)36(4)17-18-37(7-3)24-22(27(29,30)31)13-10-14-32-24;1-2/h8-11,13-14,19H,5-7,12,15-18H2,1-4H3;1-2H3. The van der Waals surface area contributed by atoms with Gasteiger partial charge in [0.2, 0.25) is 11.9 Å². The zero-order valence-corrected chi connectivity index (χ0v) is 25.1. The van der Waals surface area contributed by atoms with Crippen LogP contribution in [0.2, 0.25) is 0 Å². The Labute approximate surface area is 241 Å². The maximum absolute atomic E-state index is 13.6. The topological polar surface area (TPSA) is 61.3 Å². The molecule has 7 nitrogen and oxygen atoms in total. The number of rotatable bonds is 12. The molecule has 220 valence electrons. The van der Waals surface area contributed by atoms with E-state index in [4.69, 9.17) is 26.6 Å². The number of aromatic nitrogens is 4. The van der Waals surface area contributed by atoms with Gasteiger partial charge in [-0.2, -0.15) is 28.1 Å². The first-order valence-corrected chi connectivity index (χ1v) is 14.3. The molecule has 0 atom stereocenters. The third-order valence-corrected chi connectivity index (χ3v) is 6.26. The fraction of sp³-hybridized carbons (Fsp3) is 0.517. The molecular weight excluding hydrogens is 539 g/mol. The summed E-state index contributed by atoms with van der Waals surface area (Å²) in [5.41, 5.74) is 0.0227. The minimum atomic E-state index is -4.49. The van der Waals surface area contributed by atoms with Crippen LogP contribution in [0.15, 0.2) is 47.7 Å². The Hall–Kier alpha value is -3.14. The Morgan fingerprint density at radius 3 is 2.23 bits per heavy atom. The number of hydrogen-bond donors (Lipinski definition) is 0. The van der Waals surface area contributed by atoms with E-state index >= 15 is 0 Å². The van der Waals surface area contributed by atoms with Crippen molar-refractivity contribution in [3.63, 3.8) is 0 Å². The Bertz CT molecular complexity index is 1160. The van der Waals surface area contributed by atoms with Gasteiger partial charge in [-0.1, -0.05) is 57.5 Å². The number of likely N-dealkylation sites (N-methyl/N-ethyl adjacent to an activating group) is 2. The van der Waals surface area contributed by atoms with Gasteiger partial charge in [-0.3, -0.25) is 0 Å². The SMILES string of the molecule is CC.CCCN(CCC)c1nc(C2=CC=CCC(Cl)=C2)nc(N(C)CCN(CC)c2ncccc2C(F)(F)F)n1. The summed E-state index contributed by atoms with van der Waals surface area (Å²) in [5.74, 6) is 1.42. The van der Waals surface area contributed by atoms with Gasteiger partial charge >= 0.3 is 6.18 Å².